The Hall–Kier alpha value is -3.12. The maximum absolute atomic E-state index is 13.9. The molecule has 0 saturated heterocycles. The summed E-state index contributed by atoms with van der Waals surface area (Å²) >= 11 is 0. The van der Waals surface area contributed by atoms with Crippen molar-refractivity contribution in [3.8, 4) is 5.75 Å². The number of aryl methyl sites for hydroxylation is 2. The van der Waals surface area contributed by atoms with Gasteiger partial charge in [-0.2, -0.15) is 0 Å². The summed E-state index contributed by atoms with van der Waals surface area (Å²) in [5.74, 6) is 0.686. The SMILES string of the molecule is CCCCCCOc1ccc(C2c3c(oc4cc(C)cc(C)c4c3=O)C(=O)N2CCCOC(C)C)cc1. The van der Waals surface area contributed by atoms with Crippen LogP contribution < -0.4 is 10.2 Å². The molecule has 1 amide bonds. The van der Waals surface area contributed by atoms with Crippen molar-refractivity contribution in [1.29, 1.82) is 0 Å². The van der Waals surface area contributed by atoms with Crippen LogP contribution in [0.5, 0.6) is 5.75 Å². The number of nitrogens with zero attached hydrogens (tertiary/aromatic N) is 1. The summed E-state index contributed by atoms with van der Waals surface area (Å²) in [5.41, 5.74) is 3.46. The molecule has 0 aliphatic carbocycles. The highest BCUT2D eigenvalue weighted by atomic mass is 16.5. The molecular weight excluding hydrogens is 466 g/mol. The fraction of sp³-hybridized carbons (Fsp3) is 0.484. The number of carbonyl (C=O) groups is 1. The number of hydrogen-bond acceptors (Lipinski definition) is 5. The second-order valence-corrected chi connectivity index (χ2v) is 10.3. The quantitative estimate of drug-likeness (QED) is 0.255. The van der Waals surface area contributed by atoms with Gasteiger partial charge in [0.2, 0.25) is 5.76 Å². The van der Waals surface area contributed by atoms with Crippen LogP contribution in [0.3, 0.4) is 0 Å². The first-order valence-corrected chi connectivity index (χ1v) is 13.5. The third-order valence-electron chi connectivity index (χ3n) is 6.87. The first kappa shape index (κ1) is 26.9. The summed E-state index contributed by atoms with van der Waals surface area (Å²) in [5, 5.41) is 0.541. The fourth-order valence-electron chi connectivity index (χ4n) is 5.11. The molecule has 0 radical (unpaired) electrons. The lowest BCUT2D eigenvalue weighted by Crippen LogP contribution is -2.31. The number of fused-ring (bicyclic) bond motifs is 2. The third kappa shape index (κ3) is 5.90. The van der Waals surface area contributed by atoms with E-state index in [0.717, 1.165) is 35.3 Å². The molecule has 1 atom stereocenters. The highest BCUT2D eigenvalue weighted by Crippen LogP contribution is 2.39. The Morgan fingerprint density at radius 3 is 2.43 bits per heavy atom. The van der Waals surface area contributed by atoms with Crippen molar-refractivity contribution in [3.05, 3.63) is 74.6 Å². The Morgan fingerprint density at radius 2 is 1.73 bits per heavy atom. The zero-order valence-electron chi connectivity index (χ0n) is 22.8. The van der Waals surface area contributed by atoms with Gasteiger partial charge >= 0.3 is 0 Å². The standard InChI is InChI=1S/C31H39NO5/c1-6-7-8-9-16-36-24-13-11-23(12-14-24)28-27-29(33)26-22(5)18-21(4)19-25(26)37-30(27)31(34)32(28)15-10-17-35-20(2)3/h11-14,18-20,28H,6-10,15-17H2,1-5H3. The summed E-state index contributed by atoms with van der Waals surface area (Å²) < 4.78 is 17.8. The lowest BCUT2D eigenvalue weighted by molar-refractivity contribution is 0.0593. The topological polar surface area (TPSA) is 69.0 Å². The van der Waals surface area contributed by atoms with Crippen molar-refractivity contribution in [1.82, 2.24) is 4.90 Å². The Kier molecular flexibility index (Phi) is 8.70. The number of hydrogen-bond donors (Lipinski definition) is 0. The van der Waals surface area contributed by atoms with E-state index >= 15 is 0 Å². The van der Waals surface area contributed by atoms with Gasteiger partial charge in [-0.25, -0.2) is 0 Å². The van der Waals surface area contributed by atoms with E-state index in [4.69, 9.17) is 13.9 Å². The maximum Gasteiger partial charge on any atom is 0.290 e. The van der Waals surface area contributed by atoms with E-state index < -0.39 is 6.04 Å². The third-order valence-corrected chi connectivity index (χ3v) is 6.87. The first-order chi connectivity index (χ1) is 17.8. The lowest BCUT2D eigenvalue weighted by Gasteiger charge is -2.25. The van der Waals surface area contributed by atoms with Gasteiger partial charge in [0, 0.05) is 13.2 Å². The van der Waals surface area contributed by atoms with Crippen molar-refractivity contribution in [3.63, 3.8) is 0 Å². The van der Waals surface area contributed by atoms with E-state index in [1.54, 1.807) is 4.90 Å². The molecule has 0 fully saturated rings. The molecule has 6 nitrogen and oxygen atoms in total. The van der Waals surface area contributed by atoms with E-state index in [9.17, 15) is 9.59 Å². The highest BCUT2D eigenvalue weighted by molar-refractivity contribution is 5.99. The van der Waals surface area contributed by atoms with Gasteiger partial charge in [-0.15, -0.1) is 0 Å². The monoisotopic (exact) mass is 505 g/mol. The molecule has 198 valence electrons. The van der Waals surface area contributed by atoms with E-state index in [1.165, 1.54) is 12.8 Å². The number of unbranched alkanes of at least 4 members (excludes halogenated alkanes) is 3. The van der Waals surface area contributed by atoms with Gasteiger partial charge in [0.05, 0.1) is 29.7 Å². The minimum absolute atomic E-state index is 0.122. The zero-order chi connectivity index (χ0) is 26.5. The summed E-state index contributed by atoms with van der Waals surface area (Å²) in [6.07, 6.45) is 5.38. The molecule has 0 bridgehead atoms. The Morgan fingerprint density at radius 1 is 0.973 bits per heavy atom. The van der Waals surface area contributed by atoms with Gasteiger partial charge in [0.25, 0.3) is 5.91 Å². The average molecular weight is 506 g/mol. The summed E-state index contributed by atoms with van der Waals surface area (Å²) in [4.78, 5) is 29.2. The predicted octanol–water partition coefficient (Wildman–Crippen LogP) is 6.73. The van der Waals surface area contributed by atoms with Crippen LogP contribution in [-0.2, 0) is 4.74 Å². The van der Waals surface area contributed by atoms with E-state index in [1.807, 2.05) is 64.1 Å². The van der Waals surface area contributed by atoms with Crippen molar-refractivity contribution in [2.45, 2.75) is 78.9 Å². The first-order valence-electron chi connectivity index (χ1n) is 13.5. The number of benzene rings is 2. The molecule has 0 saturated carbocycles. The van der Waals surface area contributed by atoms with Gasteiger partial charge in [0.15, 0.2) is 5.43 Å². The van der Waals surface area contributed by atoms with Gasteiger partial charge in [-0.05, 0) is 75.4 Å². The van der Waals surface area contributed by atoms with Crippen LogP contribution in [0.4, 0.5) is 0 Å². The number of ether oxygens (including phenoxy) is 2. The van der Waals surface area contributed by atoms with Crippen molar-refractivity contribution in [2.75, 3.05) is 19.8 Å². The minimum Gasteiger partial charge on any atom is -0.494 e. The van der Waals surface area contributed by atoms with E-state index in [0.29, 0.717) is 42.7 Å². The van der Waals surface area contributed by atoms with Crippen LogP contribution >= 0.6 is 0 Å². The molecule has 2 aromatic carbocycles. The smallest absolute Gasteiger partial charge is 0.290 e. The van der Waals surface area contributed by atoms with Gasteiger partial charge in [0.1, 0.15) is 11.3 Å². The Labute approximate surface area is 219 Å². The number of rotatable bonds is 12. The van der Waals surface area contributed by atoms with Crippen LogP contribution in [0.25, 0.3) is 11.0 Å². The van der Waals surface area contributed by atoms with Gasteiger partial charge in [-0.1, -0.05) is 44.4 Å². The van der Waals surface area contributed by atoms with Crippen molar-refractivity contribution in [2.24, 2.45) is 0 Å². The normalized spacial score (nSPS) is 15.1. The number of amides is 1. The summed E-state index contributed by atoms with van der Waals surface area (Å²) in [6.45, 7) is 11.7. The second kappa shape index (κ2) is 12.0. The molecule has 1 unspecified atom stereocenters. The van der Waals surface area contributed by atoms with E-state index in [-0.39, 0.29) is 23.2 Å². The van der Waals surface area contributed by atoms with Gasteiger partial charge in [-0.3, -0.25) is 9.59 Å². The zero-order valence-corrected chi connectivity index (χ0v) is 22.8. The fourth-order valence-corrected chi connectivity index (χ4v) is 5.11. The van der Waals surface area contributed by atoms with Crippen LogP contribution in [0, 0.1) is 13.8 Å². The highest BCUT2D eigenvalue weighted by Gasteiger charge is 2.42. The maximum atomic E-state index is 13.9. The minimum atomic E-state index is -0.512. The second-order valence-electron chi connectivity index (χ2n) is 10.3. The van der Waals surface area contributed by atoms with Crippen molar-refractivity contribution >= 4 is 16.9 Å². The summed E-state index contributed by atoms with van der Waals surface area (Å²) in [7, 11) is 0. The van der Waals surface area contributed by atoms with Crippen LogP contribution in [0.1, 0.15) is 91.7 Å². The van der Waals surface area contributed by atoms with E-state index in [2.05, 4.69) is 6.92 Å². The number of carbonyl (C=O) groups excluding carboxylic acids is 1. The van der Waals surface area contributed by atoms with Gasteiger partial charge < -0.3 is 18.8 Å². The predicted molar refractivity (Wildman–Crippen MR) is 147 cm³/mol. The van der Waals surface area contributed by atoms with Crippen LogP contribution in [-0.4, -0.2) is 36.7 Å². The molecule has 6 heteroatoms. The Bertz CT molecular complexity index is 1290. The molecule has 2 heterocycles. The molecule has 1 aromatic heterocycles. The average Bonchev–Trinajstić information content (AvgIpc) is 3.13. The molecule has 0 spiro atoms. The molecular formula is C31H39NO5. The largest absolute Gasteiger partial charge is 0.494 e. The summed E-state index contributed by atoms with van der Waals surface area (Å²) in [6, 6.07) is 11.1. The molecule has 4 rings (SSSR count). The van der Waals surface area contributed by atoms with Crippen LogP contribution in [0.2, 0.25) is 0 Å². The molecule has 37 heavy (non-hydrogen) atoms. The van der Waals surface area contributed by atoms with Crippen LogP contribution in [0.15, 0.2) is 45.6 Å². The molecule has 1 aliphatic rings. The lowest BCUT2D eigenvalue weighted by atomic mass is 9.97. The van der Waals surface area contributed by atoms with Crippen molar-refractivity contribution < 1.29 is 18.7 Å². The molecule has 0 N–H and O–H groups in total. The molecule has 1 aliphatic heterocycles. The molecule has 3 aromatic rings. The Balaban J connectivity index is 1.68.